The lowest BCUT2D eigenvalue weighted by atomic mass is 9.98. The summed E-state index contributed by atoms with van der Waals surface area (Å²) in [6, 6.07) is 11.2. The Labute approximate surface area is 260 Å². The molecule has 14 heteroatoms. The Morgan fingerprint density at radius 1 is 1.11 bits per heavy atom. The predicted molar refractivity (Wildman–Crippen MR) is 163 cm³/mol. The average molecular weight is 649 g/mol. The van der Waals surface area contributed by atoms with Crippen molar-refractivity contribution in [3.8, 4) is 16.9 Å². The Kier molecular flexibility index (Phi) is 10.6. The Balaban J connectivity index is 0.000000591. The van der Waals surface area contributed by atoms with Gasteiger partial charge in [0.25, 0.3) is 11.5 Å². The van der Waals surface area contributed by atoms with Gasteiger partial charge in [0.2, 0.25) is 5.88 Å². The fourth-order valence-corrected chi connectivity index (χ4v) is 5.32. The minimum Gasteiger partial charge on any atom is -0.492 e. The summed E-state index contributed by atoms with van der Waals surface area (Å²) in [7, 11) is 0. The van der Waals surface area contributed by atoms with Crippen molar-refractivity contribution in [1.29, 1.82) is 0 Å². The number of hydrogen-bond donors (Lipinski definition) is 4. The number of nitrogens with one attached hydrogen (secondary N) is 3. The maximum absolute atomic E-state index is 13.4. The van der Waals surface area contributed by atoms with E-state index < -0.39 is 18.1 Å². The van der Waals surface area contributed by atoms with E-state index in [0.29, 0.717) is 40.6 Å². The molecule has 2 aromatic heterocycles. The Hall–Kier alpha value is -4.36. The number of carboxylic acid groups (broad SMARTS) is 1. The molecule has 0 spiro atoms. The number of alkyl halides is 3. The molecule has 5 rings (SSSR count). The van der Waals surface area contributed by atoms with E-state index in [1.165, 1.54) is 12.8 Å². The number of aryl methyl sites for hydroxylation is 3. The van der Waals surface area contributed by atoms with Gasteiger partial charge in [0, 0.05) is 17.5 Å². The van der Waals surface area contributed by atoms with Gasteiger partial charge in [0.15, 0.2) is 0 Å². The first kappa shape index (κ1) is 33.5. The molecule has 1 aliphatic heterocycles. The van der Waals surface area contributed by atoms with Crippen molar-refractivity contribution in [2.24, 2.45) is 0 Å². The van der Waals surface area contributed by atoms with E-state index in [-0.39, 0.29) is 22.0 Å². The van der Waals surface area contributed by atoms with Gasteiger partial charge in [-0.2, -0.15) is 13.2 Å². The van der Waals surface area contributed by atoms with Crippen LogP contribution in [-0.4, -0.2) is 52.5 Å². The highest BCUT2D eigenvalue weighted by Gasteiger charge is 2.38. The highest BCUT2D eigenvalue weighted by molar-refractivity contribution is 6.35. The maximum atomic E-state index is 13.4. The quantitative estimate of drug-likeness (QED) is 0.176. The molecule has 1 fully saturated rings. The molecule has 0 saturated carbocycles. The number of rotatable bonds is 7. The van der Waals surface area contributed by atoms with Gasteiger partial charge in [-0.3, -0.25) is 14.9 Å². The lowest BCUT2D eigenvalue weighted by Gasteiger charge is -2.24. The molecule has 4 N–H and O–H groups in total. The van der Waals surface area contributed by atoms with Crippen LogP contribution in [0.2, 0.25) is 5.02 Å². The minimum absolute atomic E-state index is 0.193. The van der Waals surface area contributed by atoms with Crippen LogP contribution in [0.3, 0.4) is 0 Å². The number of ether oxygens (including phenoxy) is 1. The van der Waals surface area contributed by atoms with E-state index in [1.807, 2.05) is 26.0 Å². The van der Waals surface area contributed by atoms with Gasteiger partial charge >= 0.3 is 12.1 Å². The monoisotopic (exact) mass is 648 g/mol. The molecule has 1 unspecified atom stereocenters. The Morgan fingerprint density at radius 2 is 1.80 bits per heavy atom. The molecule has 10 nitrogen and oxygen atoms in total. The number of H-pyrrole nitrogens is 1. The van der Waals surface area contributed by atoms with Crippen molar-refractivity contribution in [1.82, 2.24) is 15.5 Å². The molecule has 45 heavy (non-hydrogen) atoms. The molecule has 240 valence electrons. The summed E-state index contributed by atoms with van der Waals surface area (Å²) >= 11 is 6.50. The summed E-state index contributed by atoms with van der Waals surface area (Å²) < 4.78 is 43.3. The van der Waals surface area contributed by atoms with Crippen molar-refractivity contribution in [3.05, 3.63) is 74.2 Å². The molecule has 2 aromatic carbocycles. The Morgan fingerprint density at radius 3 is 2.38 bits per heavy atom. The second-order valence-corrected chi connectivity index (χ2v) is 11.2. The molecule has 3 heterocycles. The number of anilines is 1. The zero-order valence-corrected chi connectivity index (χ0v) is 25.5. The number of carbonyl (C=O) groups excluding carboxylic acids is 1. The predicted octanol–water partition coefficient (Wildman–Crippen LogP) is 6.56. The summed E-state index contributed by atoms with van der Waals surface area (Å²) in [6.07, 6.45) is -0.788. The molecule has 1 saturated heterocycles. The lowest BCUT2D eigenvalue weighted by molar-refractivity contribution is -0.192. The summed E-state index contributed by atoms with van der Waals surface area (Å²) in [5.74, 6) is -2.56. The van der Waals surface area contributed by atoms with Crippen LogP contribution < -0.4 is 20.9 Å². The average Bonchev–Trinajstić information content (AvgIpc) is 3.36. The number of pyridine rings is 1. The normalized spacial score (nSPS) is 14.9. The number of nitrogens with zero attached hydrogens (tertiary/aromatic N) is 1. The zero-order valence-electron chi connectivity index (χ0n) is 24.7. The summed E-state index contributed by atoms with van der Waals surface area (Å²) in [5.41, 5.74) is 4.35. The number of fused-ring (bicyclic) bond motifs is 1. The Bertz CT molecular complexity index is 1740. The van der Waals surface area contributed by atoms with Crippen LogP contribution in [-0.2, 0) is 4.79 Å². The van der Waals surface area contributed by atoms with Crippen molar-refractivity contribution >= 4 is 40.3 Å². The minimum atomic E-state index is -5.08. The second kappa shape index (κ2) is 14.2. The molecule has 0 bridgehead atoms. The van der Waals surface area contributed by atoms with Crippen molar-refractivity contribution in [2.45, 2.75) is 58.7 Å². The second-order valence-electron chi connectivity index (χ2n) is 10.8. The third kappa shape index (κ3) is 8.64. The van der Waals surface area contributed by atoms with Crippen LogP contribution in [0.5, 0.6) is 5.75 Å². The van der Waals surface area contributed by atoms with Crippen LogP contribution in [0.4, 0.5) is 19.1 Å². The van der Waals surface area contributed by atoms with Crippen LogP contribution in [0.25, 0.3) is 22.0 Å². The number of aromatic nitrogens is 2. The number of aromatic amines is 1. The van der Waals surface area contributed by atoms with Crippen LogP contribution in [0, 0.1) is 20.8 Å². The van der Waals surface area contributed by atoms with Crippen LogP contribution >= 0.6 is 11.6 Å². The number of piperidine rings is 1. The van der Waals surface area contributed by atoms with Crippen molar-refractivity contribution < 1.29 is 37.1 Å². The van der Waals surface area contributed by atoms with Crippen LogP contribution in [0.1, 0.15) is 52.9 Å². The molecular weight excluding hydrogens is 617 g/mol. The first-order valence-electron chi connectivity index (χ1n) is 14.1. The van der Waals surface area contributed by atoms with E-state index in [0.717, 1.165) is 36.1 Å². The lowest BCUT2D eigenvalue weighted by Crippen LogP contribution is -2.35. The molecule has 0 radical (unpaired) electrons. The van der Waals surface area contributed by atoms with E-state index in [4.69, 9.17) is 30.8 Å². The number of aliphatic carboxylic acids is 1. The maximum Gasteiger partial charge on any atom is 0.490 e. The van der Waals surface area contributed by atoms with Crippen molar-refractivity contribution in [2.75, 3.05) is 18.5 Å². The van der Waals surface area contributed by atoms with E-state index in [2.05, 4.69) is 26.8 Å². The summed E-state index contributed by atoms with van der Waals surface area (Å²) in [4.78, 5) is 38.4. The summed E-state index contributed by atoms with van der Waals surface area (Å²) in [6.45, 7) is 7.19. The molecule has 1 aliphatic rings. The van der Waals surface area contributed by atoms with Gasteiger partial charge in [0.1, 0.15) is 5.75 Å². The first-order valence-corrected chi connectivity index (χ1v) is 14.5. The third-order valence-corrected chi connectivity index (χ3v) is 7.35. The number of benzene rings is 2. The van der Waals surface area contributed by atoms with Gasteiger partial charge in [-0.05, 0) is 64.3 Å². The number of halogens is 4. The standard InChI is InChI=1S/C29H31ClN4O4.C2HF3O2/c1-16-10-17(2)12-19(11-16)26-27(37-9-7-20-6-4-5-8-31-20)22-14-21(23(30)15-24(22)32-29(26)36)28(35)33-25-13-18(3)34-38-25;3-2(4,5)1(6)7/h10-15,20,31H,4-9H2,1-3H3,(H,32,36)(H,33,35);(H,6,7). The molecule has 1 amide bonds. The number of amides is 1. The van der Waals surface area contributed by atoms with Gasteiger partial charge in [-0.15, -0.1) is 0 Å². The number of hydrogen-bond acceptors (Lipinski definition) is 7. The van der Waals surface area contributed by atoms with E-state index in [9.17, 15) is 22.8 Å². The SMILES string of the molecule is Cc1cc(C)cc(-c2c(OCCC3CCCCN3)c3cc(C(=O)Nc4cc(C)no4)c(Cl)cc3[nH]c2=O)c1.O=C(O)C(F)(F)F. The number of carboxylic acids is 1. The zero-order chi connectivity index (χ0) is 32.9. The largest absolute Gasteiger partial charge is 0.492 e. The van der Waals surface area contributed by atoms with Gasteiger partial charge in [-0.25, -0.2) is 4.79 Å². The third-order valence-electron chi connectivity index (χ3n) is 7.04. The smallest absolute Gasteiger partial charge is 0.490 e. The highest BCUT2D eigenvalue weighted by atomic mass is 35.5. The first-order chi connectivity index (χ1) is 21.2. The van der Waals surface area contributed by atoms with Gasteiger partial charge < -0.3 is 24.7 Å². The number of carbonyl (C=O) groups is 2. The highest BCUT2D eigenvalue weighted by Crippen LogP contribution is 2.37. The van der Waals surface area contributed by atoms with E-state index >= 15 is 0 Å². The molecule has 4 aromatic rings. The van der Waals surface area contributed by atoms with Gasteiger partial charge in [0.05, 0.1) is 34.0 Å². The molecule has 0 aliphatic carbocycles. The molecule has 1 atom stereocenters. The van der Waals surface area contributed by atoms with Crippen molar-refractivity contribution in [3.63, 3.8) is 0 Å². The van der Waals surface area contributed by atoms with E-state index in [1.54, 1.807) is 25.1 Å². The topological polar surface area (TPSA) is 147 Å². The molecular formula is C31H32ClF3N4O6. The fourth-order valence-electron chi connectivity index (χ4n) is 5.07. The van der Waals surface area contributed by atoms with Crippen LogP contribution in [0.15, 0.2) is 45.7 Å². The van der Waals surface area contributed by atoms with Gasteiger partial charge in [-0.1, -0.05) is 52.5 Å². The fraction of sp³-hybridized carbons (Fsp3) is 0.355. The summed E-state index contributed by atoms with van der Waals surface area (Å²) in [5, 5.41) is 17.9.